The highest BCUT2D eigenvalue weighted by molar-refractivity contribution is 7.88. The highest BCUT2D eigenvalue weighted by Crippen LogP contribution is 2.40. The van der Waals surface area contributed by atoms with Crippen LogP contribution in [0.2, 0.25) is 0 Å². The Hall–Kier alpha value is -2.36. The monoisotopic (exact) mass is 470 g/mol. The van der Waals surface area contributed by atoms with Crippen molar-refractivity contribution in [2.75, 3.05) is 26.2 Å². The van der Waals surface area contributed by atoms with Gasteiger partial charge in [0.15, 0.2) is 0 Å². The Labute approximate surface area is 192 Å². The van der Waals surface area contributed by atoms with Gasteiger partial charge in [-0.15, -0.1) is 11.3 Å². The van der Waals surface area contributed by atoms with Gasteiger partial charge in [-0.25, -0.2) is 18.4 Å². The molecule has 0 spiro atoms. The SMILES string of the molecule is Cc1nc(C2CC2)nc2sc(C(=O)N3CCN(S(=O)(=O)Cc4ccccc4)CC3)c(C)c12. The van der Waals surface area contributed by atoms with Crippen LogP contribution in [0.5, 0.6) is 0 Å². The third-order valence-electron chi connectivity index (χ3n) is 6.24. The molecule has 32 heavy (non-hydrogen) atoms. The van der Waals surface area contributed by atoms with Crippen molar-refractivity contribution in [1.82, 2.24) is 19.2 Å². The summed E-state index contributed by atoms with van der Waals surface area (Å²) in [6, 6.07) is 9.20. The number of nitrogens with zero attached hydrogens (tertiary/aromatic N) is 4. The third kappa shape index (κ3) is 4.04. The third-order valence-corrected chi connectivity index (χ3v) is 9.26. The Bertz CT molecular complexity index is 1280. The normalized spacial score (nSPS) is 17.8. The first-order valence-electron chi connectivity index (χ1n) is 10.9. The zero-order valence-electron chi connectivity index (χ0n) is 18.2. The van der Waals surface area contributed by atoms with Crippen LogP contribution >= 0.6 is 11.3 Å². The second-order valence-corrected chi connectivity index (χ2v) is 11.6. The van der Waals surface area contributed by atoms with Crippen LogP contribution in [0.25, 0.3) is 10.2 Å². The summed E-state index contributed by atoms with van der Waals surface area (Å²) in [7, 11) is -3.41. The van der Waals surface area contributed by atoms with Crippen molar-refractivity contribution in [1.29, 1.82) is 0 Å². The second kappa shape index (κ2) is 8.20. The fraction of sp³-hybridized carbons (Fsp3) is 0.435. The topological polar surface area (TPSA) is 83.5 Å². The number of sulfonamides is 1. The quantitative estimate of drug-likeness (QED) is 0.570. The van der Waals surface area contributed by atoms with Gasteiger partial charge >= 0.3 is 0 Å². The highest BCUT2D eigenvalue weighted by atomic mass is 32.2. The van der Waals surface area contributed by atoms with Gasteiger partial charge in [0.2, 0.25) is 10.0 Å². The molecule has 0 bridgehead atoms. The number of piperazine rings is 1. The van der Waals surface area contributed by atoms with Crippen molar-refractivity contribution in [2.45, 2.75) is 38.4 Å². The van der Waals surface area contributed by atoms with E-state index in [9.17, 15) is 13.2 Å². The minimum Gasteiger partial charge on any atom is -0.335 e. The molecule has 0 unspecified atom stereocenters. The minimum atomic E-state index is -3.41. The van der Waals surface area contributed by atoms with E-state index in [2.05, 4.69) is 4.98 Å². The van der Waals surface area contributed by atoms with E-state index in [-0.39, 0.29) is 11.7 Å². The summed E-state index contributed by atoms with van der Waals surface area (Å²) in [6.07, 6.45) is 2.27. The Morgan fingerprint density at radius 2 is 1.75 bits per heavy atom. The largest absolute Gasteiger partial charge is 0.335 e. The number of carbonyl (C=O) groups excluding carboxylic acids is 1. The van der Waals surface area contributed by atoms with E-state index < -0.39 is 10.0 Å². The van der Waals surface area contributed by atoms with Gasteiger partial charge < -0.3 is 4.90 Å². The molecule has 5 rings (SSSR count). The molecule has 3 heterocycles. The Morgan fingerprint density at radius 1 is 1.06 bits per heavy atom. The first-order chi connectivity index (χ1) is 15.3. The molecule has 3 aromatic rings. The van der Waals surface area contributed by atoms with Crippen molar-refractivity contribution in [3.63, 3.8) is 0 Å². The van der Waals surface area contributed by atoms with Gasteiger partial charge in [0, 0.05) is 37.5 Å². The Morgan fingerprint density at radius 3 is 2.41 bits per heavy atom. The first kappa shape index (κ1) is 21.5. The molecule has 1 saturated carbocycles. The minimum absolute atomic E-state index is 0.0154. The van der Waals surface area contributed by atoms with Crippen molar-refractivity contribution in [2.24, 2.45) is 0 Å². The van der Waals surface area contributed by atoms with Gasteiger partial charge in [-0.3, -0.25) is 4.79 Å². The Kier molecular flexibility index (Phi) is 5.51. The molecule has 1 amide bonds. The van der Waals surface area contributed by atoms with Crippen LogP contribution in [0.15, 0.2) is 30.3 Å². The summed E-state index contributed by atoms with van der Waals surface area (Å²) in [5, 5.41) is 0.979. The van der Waals surface area contributed by atoms with E-state index in [1.807, 2.05) is 44.2 Å². The lowest BCUT2D eigenvalue weighted by Crippen LogP contribution is -2.50. The molecule has 7 nitrogen and oxygen atoms in total. The number of rotatable bonds is 5. The van der Waals surface area contributed by atoms with Gasteiger partial charge in [-0.1, -0.05) is 30.3 Å². The van der Waals surface area contributed by atoms with Crippen molar-refractivity contribution in [3.05, 3.63) is 57.9 Å². The maximum atomic E-state index is 13.3. The molecular weight excluding hydrogens is 444 g/mol. The molecule has 0 N–H and O–H groups in total. The van der Waals surface area contributed by atoms with E-state index in [0.29, 0.717) is 37.0 Å². The Balaban J connectivity index is 1.31. The number of amides is 1. The number of aromatic nitrogens is 2. The van der Waals surface area contributed by atoms with E-state index in [1.54, 1.807) is 4.90 Å². The number of carbonyl (C=O) groups is 1. The van der Waals surface area contributed by atoms with Gasteiger partial charge in [0.25, 0.3) is 5.91 Å². The zero-order valence-corrected chi connectivity index (χ0v) is 19.9. The van der Waals surface area contributed by atoms with Crippen LogP contribution in [0.4, 0.5) is 0 Å². The first-order valence-corrected chi connectivity index (χ1v) is 13.3. The van der Waals surface area contributed by atoms with E-state index in [4.69, 9.17) is 4.98 Å². The lowest BCUT2D eigenvalue weighted by Gasteiger charge is -2.34. The van der Waals surface area contributed by atoms with Crippen LogP contribution < -0.4 is 0 Å². The van der Waals surface area contributed by atoms with Crippen LogP contribution in [0.1, 0.15) is 51.1 Å². The van der Waals surface area contributed by atoms with Crippen LogP contribution in [0, 0.1) is 13.8 Å². The fourth-order valence-electron chi connectivity index (χ4n) is 4.28. The molecule has 1 aliphatic carbocycles. The van der Waals surface area contributed by atoms with Crippen LogP contribution in [0.3, 0.4) is 0 Å². The summed E-state index contributed by atoms with van der Waals surface area (Å²) < 4.78 is 27.1. The van der Waals surface area contributed by atoms with Crippen molar-refractivity contribution in [3.8, 4) is 0 Å². The maximum absolute atomic E-state index is 13.3. The lowest BCUT2D eigenvalue weighted by atomic mass is 10.1. The highest BCUT2D eigenvalue weighted by Gasteiger charge is 2.32. The van der Waals surface area contributed by atoms with E-state index in [1.165, 1.54) is 15.6 Å². The molecule has 2 aromatic heterocycles. The molecule has 2 aliphatic rings. The van der Waals surface area contributed by atoms with Crippen LogP contribution in [-0.4, -0.2) is 59.7 Å². The number of fused-ring (bicyclic) bond motifs is 1. The summed E-state index contributed by atoms with van der Waals surface area (Å²) in [5.74, 6) is 1.30. The molecule has 168 valence electrons. The molecule has 2 fully saturated rings. The number of benzene rings is 1. The zero-order chi connectivity index (χ0) is 22.5. The average molecular weight is 471 g/mol. The average Bonchev–Trinajstić information content (AvgIpc) is 3.57. The van der Waals surface area contributed by atoms with Gasteiger partial charge in [-0.2, -0.15) is 4.31 Å². The predicted molar refractivity (Wildman–Crippen MR) is 125 cm³/mol. The predicted octanol–water partition coefficient (Wildman–Crippen LogP) is 3.47. The van der Waals surface area contributed by atoms with Crippen molar-refractivity contribution >= 4 is 37.5 Å². The molecule has 1 saturated heterocycles. The van der Waals surface area contributed by atoms with E-state index >= 15 is 0 Å². The molecule has 9 heteroatoms. The summed E-state index contributed by atoms with van der Waals surface area (Å²) in [6.45, 7) is 5.35. The smallest absolute Gasteiger partial charge is 0.264 e. The summed E-state index contributed by atoms with van der Waals surface area (Å²) in [5.41, 5.74) is 2.63. The number of hydrogen-bond acceptors (Lipinski definition) is 6. The van der Waals surface area contributed by atoms with E-state index in [0.717, 1.165) is 45.7 Å². The molecule has 1 aromatic carbocycles. The van der Waals surface area contributed by atoms with Crippen LogP contribution in [-0.2, 0) is 15.8 Å². The number of aryl methyl sites for hydroxylation is 2. The molecule has 1 aliphatic heterocycles. The van der Waals surface area contributed by atoms with Gasteiger partial charge in [0.1, 0.15) is 10.7 Å². The summed E-state index contributed by atoms with van der Waals surface area (Å²) >= 11 is 1.43. The number of thiophene rings is 1. The van der Waals surface area contributed by atoms with Gasteiger partial charge in [-0.05, 0) is 37.8 Å². The van der Waals surface area contributed by atoms with Crippen molar-refractivity contribution < 1.29 is 13.2 Å². The lowest BCUT2D eigenvalue weighted by molar-refractivity contribution is 0.0702. The number of hydrogen-bond donors (Lipinski definition) is 0. The fourth-order valence-corrected chi connectivity index (χ4v) is 7.00. The summed E-state index contributed by atoms with van der Waals surface area (Å²) in [4.78, 5) is 26.0. The van der Waals surface area contributed by atoms with Gasteiger partial charge in [0.05, 0.1) is 16.3 Å². The maximum Gasteiger partial charge on any atom is 0.264 e. The molecule has 0 atom stereocenters. The second-order valence-electron chi connectivity index (χ2n) is 8.61. The molecular formula is C23H26N4O3S2. The molecule has 0 radical (unpaired) electrons. The standard InChI is InChI=1S/C23H26N4O3S2/c1-15-19-16(2)24-21(18-8-9-18)25-22(19)31-20(15)23(28)26-10-12-27(13-11-26)32(29,30)14-17-6-4-3-5-7-17/h3-7,18H,8-14H2,1-2H3.